The van der Waals surface area contributed by atoms with Crippen LogP contribution in [0.4, 0.5) is 11.8 Å². The van der Waals surface area contributed by atoms with Gasteiger partial charge in [-0.1, -0.05) is 42.5 Å². The highest BCUT2D eigenvalue weighted by atomic mass is 16.3. The Hall–Kier alpha value is -2.66. The Morgan fingerprint density at radius 1 is 1.04 bits per heavy atom. The topological polar surface area (TPSA) is 61.3 Å². The Morgan fingerprint density at radius 3 is 2.69 bits per heavy atom. The summed E-state index contributed by atoms with van der Waals surface area (Å²) in [7, 11) is 0. The van der Waals surface area contributed by atoms with Gasteiger partial charge in [-0.05, 0) is 37.0 Å². The number of nitrogens with zero attached hydrogens (tertiary/aromatic N) is 3. The summed E-state index contributed by atoms with van der Waals surface area (Å²) in [6, 6.07) is 18.7. The fourth-order valence-electron chi connectivity index (χ4n) is 3.59. The van der Waals surface area contributed by atoms with Crippen molar-refractivity contribution in [1.29, 1.82) is 0 Å². The molecule has 1 aliphatic heterocycles. The van der Waals surface area contributed by atoms with Gasteiger partial charge in [0.15, 0.2) is 0 Å². The molecule has 0 spiro atoms. The van der Waals surface area contributed by atoms with Crippen molar-refractivity contribution in [3.8, 4) is 0 Å². The van der Waals surface area contributed by atoms with Gasteiger partial charge in [0.05, 0.1) is 18.2 Å². The summed E-state index contributed by atoms with van der Waals surface area (Å²) < 4.78 is 0. The zero-order valence-electron chi connectivity index (χ0n) is 14.8. The second-order valence-corrected chi connectivity index (χ2v) is 6.72. The van der Waals surface area contributed by atoms with Crippen molar-refractivity contribution in [2.24, 2.45) is 0 Å². The zero-order valence-corrected chi connectivity index (χ0v) is 14.8. The van der Waals surface area contributed by atoms with Crippen molar-refractivity contribution in [3.05, 3.63) is 60.2 Å². The molecule has 0 amide bonds. The summed E-state index contributed by atoms with van der Waals surface area (Å²) >= 11 is 0. The van der Waals surface area contributed by atoms with E-state index in [1.165, 1.54) is 5.56 Å². The minimum atomic E-state index is 0.119. The summed E-state index contributed by atoms with van der Waals surface area (Å²) in [5.74, 6) is 1.58. The smallest absolute Gasteiger partial charge is 0.228 e. The molecule has 1 unspecified atom stereocenters. The molecule has 0 saturated carbocycles. The molecule has 0 bridgehead atoms. The first-order chi connectivity index (χ1) is 12.8. The van der Waals surface area contributed by atoms with Crippen LogP contribution >= 0.6 is 0 Å². The quantitative estimate of drug-likeness (QED) is 0.716. The van der Waals surface area contributed by atoms with E-state index in [0.29, 0.717) is 5.95 Å². The summed E-state index contributed by atoms with van der Waals surface area (Å²) in [4.78, 5) is 11.7. The number of nitrogens with one attached hydrogen (secondary N) is 1. The molecule has 5 nitrogen and oxygen atoms in total. The normalized spacial score (nSPS) is 17.0. The van der Waals surface area contributed by atoms with E-state index in [-0.39, 0.29) is 12.6 Å². The second kappa shape index (κ2) is 7.70. The van der Waals surface area contributed by atoms with Crippen LogP contribution in [0.1, 0.15) is 18.4 Å². The SMILES string of the molecule is OCC1CCCN1c1nc(NCCc2ccccc2)c2ccccc2n1. The van der Waals surface area contributed by atoms with Gasteiger partial charge in [-0.15, -0.1) is 0 Å². The first kappa shape index (κ1) is 16.8. The highest BCUT2D eigenvalue weighted by molar-refractivity contribution is 5.90. The number of para-hydroxylation sites is 1. The Balaban J connectivity index is 1.60. The average Bonchev–Trinajstić information content (AvgIpc) is 3.17. The molecule has 134 valence electrons. The maximum Gasteiger partial charge on any atom is 0.228 e. The van der Waals surface area contributed by atoms with Crippen molar-refractivity contribution >= 4 is 22.7 Å². The van der Waals surface area contributed by atoms with Crippen molar-refractivity contribution in [2.45, 2.75) is 25.3 Å². The number of hydrogen-bond donors (Lipinski definition) is 2. The van der Waals surface area contributed by atoms with E-state index in [2.05, 4.69) is 40.5 Å². The number of aliphatic hydroxyl groups is 1. The predicted octanol–water partition coefficient (Wildman–Crippen LogP) is 3.25. The summed E-state index contributed by atoms with van der Waals surface area (Å²) in [6.45, 7) is 1.86. The summed E-state index contributed by atoms with van der Waals surface area (Å²) in [5.41, 5.74) is 2.24. The van der Waals surface area contributed by atoms with Crippen LogP contribution in [-0.4, -0.2) is 40.8 Å². The lowest BCUT2D eigenvalue weighted by Gasteiger charge is -2.24. The summed E-state index contributed by atoms with van der Waals surface area (Å²) in [6.07, 6.45) is 3.00. The number of aliphatic hydroxyl groups excluding tert-OH is 1. The lowest BCUT2D eigenvalue weighted by atomic mass is 10.1. The first-order valence-corrected chi connectivity index (χ1v) is 9.27. The number of benzene rings is 2. The molecule has 2 heterocycles. The van der Waals surface area contributed by atoms with Gasteiger partial charge in [-0.3, -0.25) is 0 Å². The lowest BCUT2D eigenvalue weighted by molar-refractivity contribution is 0.265. The fraction of sp³-hybridized carbons (Fsp3) is 0.333. The molecule has 1 aliphatic rings. The van der Waals surface area contributed by atoms with Gasteiger partial charge in [0.25, 0.3) is 0 Å². The maximum absolute atomic E-state index is 9.63. The van der Waals surface area contributed by atoms with Crippen LogP contribution in [0.2, 0.25) is 0 Å². The molecule has 5 heteroatoms. The van der Waals surface area contributed by atoms with Crippen LogP contribution in [-0.2, 0) is 6.42 Å². The van der Waals surface area contributed by atoms with Crippen LogP contribution < -0.4 is 10.2 Å². The number of hydrogen-bond acceptors (Lipinski definition) is 5. The van der Waals surface area contributed by atoms with Crippen molar-refractivity contribution in [3.63, 3.8) is 0 Å². The molecule has 1 saturated heterocycles. The van der Waals surface area contributed by atoms with Crippen LogP contribution in [0.5, 0.6) is 0 Å². The van der Waals surface area contributed by atoms with E-state index in [0.717, 1.165) is 49.1 Å². The van der Waals surface area contributed by atoms with E-state index >= 15 is 0 Å². The Morgan fingerprint density at radius 2 is 1.85 bits per heavy atom. The number of rotatable bonds is 6. The van der Waals surface area contributed by atoms with Crippen LogP contribution in [0.15, 0.2) is 54.6 Å². The van der Waals surface area contributed by atoms with Gasteiger partial charge in [0.2, 0.25) is 5.95 Å². The first-order valence-electron chi connectivity index (χ1n) is 9.27. The molecule has 1 fully saturated rings. The van der Waals surface area contributed by atoms with Crippen molar-refractivity contribution < 1.29 is 5.11 Å². The van der Waals surface area contributed by atoms with Crippen molar-refractivity contribution in [1.82, 2.24) is 9.97 Å². The minimum Gasteiger partial charge on any atom is -0.394 e. The van der Waals surface area contributed by atoms with E-state index in [1.807, 2.05) is 24.3 Å². The third-order valence-electron chi connectivity index (χ3n) is 4.99. The zero-order chi connectivity index (χ0) is 17.8. The Bertz CT molecular complexity index is 868. The van der Waals surface area contributed by atoms with E-state index in [4.69, 9.17) is 9.97 Å². The number of fused-ring (bicyclic) bond motifs is 1. The molecule has 26 heavy (non-hydrogen) atoms. The van der Waals surface area contributed by atoms with Gasteiger partial charge in [-0.2, -0.15) is 4.98 Å². The third kappa shape index (κ3) is 3.48. The second-order valence-electron chi connectivity index (χ2n) is 6.72. The molecule has 1 aromatic heterocycles. The molecule has 2 aromatic carbocycles. The highest BCUT2D eigenvalue weighted by Crippen LogP contribution is 2.27. The molecule has 1 atom stereocenters. The monoisotopic (exact) mass is 348 g/mol. The number of anilines is 2. The van der Waals surface area contributed by atoms with Crippen LogP contribution in [0.25, 0.3) is 10.9 Å². The maximum atomic E-state index is 9.63. The Labute approximate surface area is 153 Å². The number of aromatic nitrogens is 2. The van der Waals surface area contributed by atoms with Crippen molar-refractivity contribution in [2.75, 3.05) is 29.9 Å². The third-order valence-corrected chi connectivity index (χ3v) is 4.99. The summed E-state index contributed by atoms with van der Waals surface area (Å²) in [5, 5.41) is 14.2. The van der Waals surface area contributed by atoms with Gasteiger partial charge in [0, 0.05) is 18.5 Å². The van der Waals surface area contributed by atoms with E-state index in [1.54, 1.807) is 0 Å². The van der Waals surface area contributed by atoms with Gasteiger partial charge >= 0.3 is 0 Å². The molecule has 0 aliphatic carbocycles. The minimum absolute atomic E-state index is 0.119. The average molecular weight is 348 g/mol. The molecular weight excluding hydrogens is 324 g/mol. The highest BCUT2D eigenvalue weighted by Gasteiger charge is 2.26. The molecule has 3 aromatic rings. The van der Waals surface area contributed by atoms with Gasteiger partial charge in [0.1, 0.15) is 5.82 Å². The molecular formula is C21H24N4O. The van der Waals surface area contributed by atoms with Crippen LogP contribution in [0.3, 0.4) is 0 Å². The fourth-order valence-corrected chi connectivity index (χ4v) is 3.59. The van der Waals surface area contributed by atoms with E-state index < -0.39 is 0 Å². The van der Waals surface area contributed by atoms with Gasteiger partial charge < -0.3 is 15.3 Å². The largest absolute Gasteiger partial charge is 0.394 e. The standard InChI is InChI=1S/C21H24N4O/c26-15-17-9-6-14-25(17)21-23-19-11-5-4-10-18(19)20(24-21)22-13-12-16-7-2-1-3-8-16/h1-5,7-8,10-11,17,26H,6,9,12-15H2,(H,22,23,24). The molecule has 0 radical (unpaired) electrons. The van der Waals surface area contributed by atoms with E-state index in [9.17, 15) is 5.11 Å². The lowest BCUT2D eigenvalue weighted by Crippen LogP contribution is -2.33. The van der Waals surface area contributed by atoms with Crippen LogP contribution in [0, 0.1) is 0 Å². The van der Waals surface area contributed by atoms with Gasteiger partial charge in [-0.25, -0.2) is 4.98 Å². The molecule has 4 rings (SSSR count). The predicted molar refractivity (Wildman–Crippen MR) is 106 cm³/mol. The Kier molecular flexibility index (Phi) is 4.97. The molecule has 2 N–H and O–H groups in total.